The molecule has 0 heterocycles. The highest BCUT2D eigenvalue weighted by Gasteiger charge is 2.50. The summed E-state index contributed by atoms with van der Waals surface area (Å²) in [7, 11) is 4.57. The zero-order chi connectivity index (χ0) is 11.5. The summed E-state index contributed by atoms with van der Waals surface area (Å²) in [5.74, 6) is 0. The average Bonchev–Trinajstić information content (AvgIpc) is 2.28. The first-order chi connectivity index (χ1) is 7.08. The Morgan fingerprint density at radius 1 is 0.867 bits per heavy atom. The molecule has 1 fully saturated rings. The Bertz CT molecular complexity index is 194. The highest BCUT2D eigenvalue weighted by Crippen LogP contribution is 2.53. The van der Waals surface area contributed by atoms with E-state index in [1.165, 1.54) is 44.9 Å². The third-order valence-corrected chi connectivity index (χ3v) is 5.28. The van der Waals surface area contributed by atoms with Crippen molar-refractivity contribution in [1.29, 1.82) is 0 Å². The first-order valence-electron chi connectivity index (χ1n) is 6.76. The summed E-state index contributed by atoms with van der Waals surface area (Å²) in [6.45, 7) is 7.16. The van der Waals surface area contributed by atoms with Crippen LogP contribution in [0.3, 0.4) is 0 Å². The van der Waals surface area contributed by atoms with Gasteiger partial charge in [0.15, 0.2) is 0 Å². The predicted octanol–water partition coefficient (Wildman–Crippen LogP) is 4.08. The molecular formula is C14H29N. The van der Waals surface area contributed by atoms with Crippen LogP contribution in [0.25, 0.3) is 0 Å². The van der Waals surface area contributed by atoms with E-state index in [1.807, 2.05) is 0 Å². The number of rotatable bonds is 4. The first kappa shape index (κ1) is 13.0. The molecule has 1 saturated carbocycles. The third-order valence-electron chi connectivity index (χ3n) is 5.28. The lowest BCUT2D eigenvalue weighted by molar-refractivity contribution is -0.0540. The van der Waals surface area contributed by atoms with Gasteiger partial charge in [0, 0.05) is 5.54 Å². The maximum absolute atomic E-state index is 2.53. The van der Waals surface area contributed by atoms with Gasteiger partial charge >= 0.3 is 0 Å². The van der Waals surface area contributed by atoms with Crippen LogP contribution in [0.5, 0.6) is 0 Å². The minimum Gasteiger partial charge on any atom is -0.303 e. The maximum Gasteiger partial charge on any atom is 0.0256 e. The van der Waals surface area contributed by atoms with Gasteiger partial charge in [-0.25, -0.2) is 0 Å². The number of nitrogens with zero attached hydrogens (tertiary/aromatic N) is 1. The minimum absolute atomic E-state index is 0.467. The lowest BCUT2D eigenvalue weighted by atomic mass is 9.56. The molecule has 1 nitrogen and oxygen atoms in total. The third kappa shape index (κ3) is 1.84. The standard InChI is InChI=1S/C14H29N/c1-6-13(7-2)11-9-10-12-14(13,8-3)15(4)5/h6-12H2,1-5H3. The van der Waals surface area contributed by atoms with Crippen LogP contribution >= 0.6 is 0 Å². The molecule has 0 aromatic heterocycles. The first-order valence-corrected chi connectivity index (χ1v) is 6.76. The summed E-state index contributed by atoms with van der Waals surface area (Å²) in [5, 5.41) is 0. The van der Waals surface area contributed by atoms with E-state index in [2.05, 4.69) is 39.8 Å². The second-order valence-electron chi connectivity index (χ2n) is 5.47. The Kier molecular flexibility index (Phi) is 4.22. The van der Waals surface area contributed by atoms with Gasteiger partial charge in [-0.05, 0) is 51.6 Å². The summed E-state index contributed by atoms with van der Waals surface area (Å²) in [6.07, 6.45) is 9.70. The number of hydrogen-bond acceptors (Lipinski definition) is 1. The van der Waals surface area contributed by atoms with Crippen molar-refractivity contribution in [2.24, 2.45) is 5.41 Å². The summed E-state index contributed by atoms with van der Waals surface area (Å²) >= 11 is 0. The summed E-state index contributed by atoms with van der Waals surface area (Å²) < 4.78 is 0. The van der Waals surface area contributed by atoms with Crippen LogP contribution in [0.1, 0.15) is 65.7 Å². The smallest absolute Gasteiger partial charge is 0.0256 e. The van der Waals surface area contributed by atoms with Gasteiger partial charge in [-0.3, -0.25) is 0 Å². The molecule has 1 rings (SSSR count). The van der Waals surface area contributed by atoms with Crippen molar-refractivity contribution in [2.75, 3.05) is 14.1 Å². The van der Waals surface area contributed by atoms with Gasteiger partial charge in [-0.2, -0.15) is 0 Å². The molecule has 1 unspecified atom stereocenters. The number of hydrogen-bond donors (Lipinski definition) is 0. The molecule has 1 aliphatic carbocycles. The molecule has 0 amide bonds. The maximum atomic E-state index is 2.53. The Hall–Kier alpha value is -0.0400. The Labute approximate surface area is 96.2 Å². The van der Waals surface area contributed by atoms with Crippen molar-refractivity contribution in [3.63, 3.8) is 0 Å². The molecule has 1 heteroatoms. The predicted molar refractivity (Wildman–Crippen MR) is 68.2 cm³/mol. The quantitative estimate of drug-likeness (QED) is 0.677. The van der Waals surface area contributed by atoms with Gasteiger partial charge in [0.2, 0.25) is 0 Å². The van der Waals surface area contributed by atoms with E-state index in [0.717, 1.165) is 0 Å². The van der Waals surface area contributed by atoms with Gasteiger partial charge in [0.1, 0.15) is 0 Å². The molecular weight excluding hydrogens is 182 g/mol. The van der Waals surface area contributed by atoms with Crippen LogP contribution in [-0.4, -0.2) is 24.5 Å². The molecule has 0 radical (unpaired) electrons. The van der Waals surface area contributed by atoms with Crippen LogP contribution in [-0.2, 0) is 0 Å². The highest BCUT2D eigenvalue weighted by atomic mass is 15.2. The van der Waals surface area contributed by atoms with Gasteiger partial charge < -0.3 is 4.90 Å². The van der Waals surface area contributed by atoms with Gasteiger partial charge in [0.05, 0.1) is 0 Å². The summed E-state index contributed by atoms with van der Waals surface area (Å²) in [4.78, 5) is 2.53. The lowest BCUT2D eigenvalue weighted by Gasteiger charge is -2.57. The van der Waals surface area contributed by atoms with E-state index in [0.29, 0.717) is 11.0 Å². The van der Waals surface area contributed by atoms with Crippen molar-refractivity contribution in [1.82, 2.24) is 4.90 Å². The van der Waals surface area contributed by atoms with Crippen LogP contribution in [0.15, 0.2) is 0 Å². The SMILES string of the molecule is CCC1(CC)CCCCC1(CC)N(C)C. The summed E-state index contributed by atoms with van der Waals surface area (Å²) in [5.41, 5.74) is 1.04. The average molecular weight is 211 g/mol. The van der Waals surface area contributed by atoms with Crippen LogP contribution in [0, 0.1) is 5.41 Å². The van der Waals surface area contributed by atoms with E-state index >= 15 is 0 Å². The fourth-order valence-corrected chi connectivity index (χ4v) is 4.21. The highest BCUT2D eigenvalue weighted by molar-refractivity contribution is 5.05. The fourth-order valence-electron chi connectivity index (χ4n) is 4.21. The van der Waals surface area contributed by atoms with E-state index in [4.69, 9.17) is 0 Å². The van der Waals surface area contributed by atoms with Crippen molar-refractivity contribution in [2.45, 2.75) is 71.3 Å². The molecule has 15 heavy (non-hydrogen) atoms. The van der Waals surface area contributed by atoms with Crippen LogP contribution in [0.4, 0.5) is 0 Å². The molecule has 0 N–H and O–H groups in total. The summed E-state index contributed by atoms with van der Waals surface area (Å²) in [6, 6.07) is 0. The topological polar surface area (TPSA) is 3.24 Å². The molecule has 90 valence electrons. The lowest BCUT2D eigenvalue weighted by Crippen LogP contribution is -2.58. The molecule has 0 aromatic carbocycles. The van der Waals surface area contributed by atoms with E-state index in [-0.39, 0.29) is 0 Å². The van der Waals surface area contributed by atoms with E-state index in [1.54, 1.807) is 0 Å². The van der Waals surface area contributed by atoms with E-state index < -0.39 is 0 Å². The Morgan fingerprint density at radius 3 is 1.73 bits per heavy atom. The second-order valence-corrected chi connectivity index (χ2v) is 5.47. The van der Waals surface area contributed by atoms with Gasteiger partial charge in [-0.1, -0.05) is 33.6 Å². The largest absolute Gasteiger partial charge is 0.303 e. The van der Waals surface area contributed by atoms with Gasteiger partial charge in [0.25, 0.3) is 0 Å². The molecule has 0 bridgehead atoms. The monoisotopic (exact) mass is 211 g/mol. The molecule has 1 aliphatic rings. The Balaban J connectivity index is 3.07. The fraction of sp³-hybridized carbons (Fsp3) is 1.00. The molecule has 0 spiro atoms. The molecule has 1 atom stereocenters. The zero-order valence-corrected chi connectivity index (χ0v) is 11.4. The van der Waals surface area contributed by atoms with Crippen molar-refractivity contribution < 1.29 is 0 Å². The normalized spacial score (nSPS) is 30.8. The molecule has 0 aliphatic heterocycles. The van der Waals surface area contributed by atoms with E-state index in [9.17, 15) is 0 Å². The van der Waals surface area contributed by atoms with Crippen LogP contribution in [0.2, 0.25) is 0 Å². The van der Waals surface area contributed by atoms with Crippen molar-refractivity contribution in [3.05, 3.63) is 0 Å². The minimum atomic E-state index is 0.467. The molecule has 0 saturated heterocycles. The molecule has 0 aromatic rings. The zero-order valence-electron chi connectivity index (χ0n) is 11.4. The van der Waals surface area contributed by atoms with Crippen LogP contribution < -0.4 is 0 Å². The van der Waals surface area contributed by atoms with Crippen molar-refractivity contribution >= 4 is 0 Å². The van der Waals surface area contributed by atoms with Gasteiger partial charge in [-0.15, -0.1) is 0 Å². The van der Waals surface area contributed by atoms with Crippen molar-refractivity contribution in [3.8, 4) is 0 Å². The Morgan fingerprint density at radius 2 is 1.40 bits per heavy atom. The second kappa shape index (κ2) is 4.86.